The molecule has 12 heteroatoms. The number of fused-ring (bicyclic) bond motifs is 1. The number of anilines is 3. The summed E-state index contributed by atoms with van der Waals surface area (Å²) in [5.74, 6) is 0.435. The van der Waals surface area contributed by atoms with Gasteiger partial charge in [-0.25, -0.2) is 9.97 Å². The molecule has 9 nitrogen and oxygen atoms in total. The number of aryl methyl sites for hydroxylation is 1. The fourth-order valence-corrected chi connectivity index (χ4v) is 5.36. The monoisotopic (exact) mass is 548 g/mol. The van der Waals surface area contributed by atoms with Gasteiger partial charge in [0.05, 0.1) is 23.1 Å². The predicted molar refractivity (Wildman–Crippen MR) is 159 cm³/mol. The Labute approximate surface area is 233 Å². The molecule has 0 amide bonds. The van der Waals surface area contributed by atoms with Crippen molar-refractivity contribution in [3.63, 3.8) is 0 Å². The highest BCUT2D eigenvalue weighted by atomic mass is 32.1. The molecule has 0 unspecified atom stereocenters. The van der Waals surface area contributed by atoms with Crippen LogP contribution in [0.2, 0.25) is 18.1 Å². The molecular weight excluding hydrogens is 513 g/mol. The zero-order valence-corrected chi connectivity index (χ0v) is 25.0. The van der Waals surface area contributed by atoms with E-state index in [0.717, 1.165) is 28.7 Å². The van der Waals surface area contributed by atoms with Crippen molar-refractivity contribution in [3.05, 3.63) is 47.9 Å². The molecule has 2 aromatic heterocycles. The lowest BCUT2D eigenvalue weighted by molar-refractivity contribution is 0.219. The van der Waals surface area contributed by atoms with Crippen LogP contribution < -0.4 is 10.1 Å². The summed E-state index contributed by atoms with van der Waals surface area (Å²) in [6, 6.07) is 8.05. The van der Waals surface area contributed by atoms with Crippen LogP contribution in [0.3, 0.4) is 0 Å². The van der Waals surface area contributed by atoms with Gasteiger partial charge < -0.3 is 19.3 Å². The maximum absolute atomic E-state index is 11.5. The molecule has 1 aliphatic heterocycles. The van der Waals surface area contributed by atoms with Crippen LogP contribution >= 0.6 is 13.5 Å². The number of aromatic nitrogens is 4. The third kappa shape index (κ3) is 5.80. The quantitative estimate of drug-likeness (QED) is 0.324. The number of carbonyl (C=O) groups excluding carboxylic acids is 1. The molecule has 0 bridgehead atoms. The first-order valence-electron chi connectivity index (χ1n) is 12.2. The normalized spacial score (nSPS) is 16.8. The van der Waals surface area contributed by atoms with Gasteiger partial charge in [-0.2, -0.15) is 23.9 Å². The molecule has 1 atom stereocenters. The summed E-state index contributed by atoms with van der Waals surface area (Å²) in [5, 5.41) is 17.5. The first-order valence-corrected chi connectivity index (χ1v) is 15.1. The second kappa shape index (κ2) is 10.9. The van der Waals surface area contributed by atoms with Crippen molar-refractivity contribution in [3.8, 4) is 17.3 Å². The molecule has 1 aromatic carbocycles. The van der Waals surface area contributed by atoms with Gasteiger partial charge in [-0.1, -0.05) is 27.7 Å². The molecule has 0 fully saturated rings. The Morgan fingerprint density at radius 2 is 2.08 bits per heavy atom. The minimum absolute atomic E-state index is 0. The molecular formula is C26H35BN7O2SSi. The summed E-state index contributed by atoms with van der Waals surface area (Å²) >= 11 is 0. The Morgan fingerprint density at radius 3 is 2.68 bits per heavy atom. The summed E-state index contributed by atoms with van der Waals surface area (Å²) in [5.41, 5.74) is 4.06. The SMILES string of the molecule is Cn1cc(Nc2nccc(-c3cc(C#N)c4c(c3)[C@](C)(CO[Si](C)(C)C(C)(C)C)CN4[B]C=O)n2)cn1.S. The Balaban J connectivity index is 0.00000400. The van der Waals surface area contributed by atoms with Gasteiger partial charge in [-0.3, -0.25) is 4.68 Å². The number of nitriles is 1. The van der Waals surface area contributed by atoms with E-state index in [1.807, 2.05) is 30.2 Å². The minimum atomic E-state index is -2.02. The molecule has 4 rings (SSSR count). The highest BCUT2D eigenvalue weighted by Crippen LogP contribution is 2.46. The van der Waals surface area contributed by atoms with E-state index in [2.05, 4.69) is 68.3 Å². The molecule has 3 aromatic rings. The summed E-state index contributed by atoms with van der Waals surface area (Å²) < 4.78 is 8.35. The van der Waals surface area contributed by atoms with Gasteiger partial charge in [0, 0.05) is 49.3 Å². The second-order valence-corrected chi connectivity index (χ2v) is 16.2. The molecule has 0 aliphatic carbocycles. The minimum Gasteiger partial charge on any atom is -0.416 e. The second-order valence-electron chi connectivity index (χ2n) is 11.3. The van der Waals surface area contributed by atoms with Gasteiger partial charge in [-0.05, 0) is 41.9 Å². The van der Waals surface area contributed by atoms with E-state index in [9.17, 15) is 10.1 Å². The van der Waals surface area contributed by atoms with Gasteiger partial charge in [0.25, 0.3) is 0 Å². The molecule has 3 heterocycles. The Morgan fingerprint density at radius 1 is 1.34 bits per heavy atom. The van der Waals surface area contributed by atoms with E-state index in [0.29, 0.717) is 30.4 Å². The highest BCUT2D eigenvalue weighted by Gasteiger charge is 2.44. The summed E-state index contributed by atoms with van der Waals surface area (Å²) in [6.07, 6.45) is 5.99. The van der Waals surface area contributed by atoms with Crippen LogP contribution in [0, 0.1) is 11.3 Å². The van der Waals surface area contributed by atoms with Crippen molar-refractivity contribution < 1.29 is 9.22 Å². The molecule has 38 heavy (non-hydrogen) atoms. The Kier molecular flexibility index (Phi) is 8.46. The third-order valence-electron chi connectivity index (χ3n) is 7.40. The molecule has 1 radical (unpaired) electrons. The first kappa shape index (κ1) is 29.4. The number of rotatable bonds is 8. The third-order valence-corrected chi connectivity index (χ3v) is 11.9. The lowest BCUT2D eigenvalue weighted by Gasteiger charge is -2.39. The van der Waals surface area contributed by atoms with Gasteiger partial charge in [0.15, 0.2) is 8.32 Å². The highest BCUT2D eigenvalue weighted by molar-refractivity contribution is 7.59. The van der Waals surface area contributed by atoms with Crippen LogP contribution in [0.15, 0.2) is 36.8 Å². The van der Waals surface area contributed by atoms with Crippen molar-refractivity contribution in [2.45, 2.75) is 51.2 Å². The van der Waals surface area contributed by atoms with Crippen molar-refractivity contribution in [2.75, 3.05) is 23.3 Å². The lowest BCUT2D eigenvalue weighted by Crippen LogP contribution is -2.46. The first-order chi connectivity index (χ1) is 17.4. The molecule has 199 valence electrons. The van der Waals surface area contributed by atoms with Crippen LogP contribution in [0.25, 0.3) is 11.3 Å². The maximum Gasteiger partial charge on any atom is 0.329 e. The molecule has 0 saturated heterocycles. The van der Waals surface area contributed by atoms with Gasteiger partial charge in [-0.15, -0.1) is 0 Å². The zero-order chi connectivity index (χ0) is 27.0. The summed E-state index contributed by atoms with van der Waals surface area (Å²) in [6.45, 7) is 14.3. The fraction of sp³-hybridized carbons (Fsp3) is 0.423. The van der Waals surface area contributed by atoms with Crippen LogP contribution in [0.4, 0.5) is 17.3 Å². The van der Waals surface area contributed by atoms with Crippen LogP contribution in [0.1, 0.15) is 38.8 Å². The Hall–Kier alpha value is -3.14. The van der Waals surface area contributed by atoms with Crippen LogP contribution in [0.5, 0.6) is 0 Å². The zero-order valence-electron chi connectivity index (χ0n) is 23.0. The average molecular weight is 549 g/mol. The van der Waals surface area contributed by atoms with E-state index in [1.54, 1.807) is 17.1 Å². The molecule has 0 saturated carbocycles. The number of hydrogen-bond acceptors (Lipinski definition) is 8. The smallest absolute Gasteiger partial charge is 0.329 e. The number of hydrogen-bond donors (Lipinski definition) is 1. The fourth-order valence-electron chi connectivity index (χ4n) is 4.25. The van der Waals surface area contributed by atoms with E-state index >= 15 is 0 Å². The average Bonchev–Trinajstić information content (AvgIpc) is 3.37. The number of benzene rings is 1. The maximum atomic E-state index is 11.5. The van der Waals surface area contributed by atoms with Crippen molar-refractivity contribution in [1.82, 2.24) is 19.7 Å². The van der Waals surface area contributed by atoms with Gasteiger partial charge >= 0.3 is 7.41 Å². The van der Waals surface area contributed by atoms with E-state index in [1.165, 1.54) is 7.41 Å². The van der Waals surface area contributed by atoms with Crippen LogP contribution in [-0.2, 0) is 21.7 Å². The van der Waals surface area contributed by atoms with Crippen molar-refractivity contribution in [2.24, 2.45) is 7.05 Å². The summed E-state index contributed by atoms with van der Waals surface area (Å²) in [4.78, 5) is 22.4. The van der Waals surface area contributed by atoms with Gasteiger partial charge in [0.2, 0.25) is 5.95 Å². The van der Waals surface area contributed by atoms with E-state index in [4.69, 9.17) is 9.41 Å². The Bertz CT molecular complexity index is 1370. The number of nitrogens with zero attached hydrogens (tertiary/aromatic N) is 6. The topological polar surface area (TPSA) is 109 Å². The summed E-state index contributed by atoms with van der Waals surface area (Å²) in [7, 11) is 1.32. The number of nitrogens with one attached hydrogen (secondary N) is 1. The molecule has 1 N–H and O–H groups in total. The lowest BCUT2D eigenvalue weighted by atomic mass is 9.83. The van der Waals surface area contributed by atoms with Crippen molar-refractivity contribution >= 4 is 52.7 Å². The van der Waals surface area contributed by atoms with E-state index in [-0.39, 0.29) is 18.5 Å². The van der Waals surface area contributed by atoms with Crippen molar-refractivity contribution in [1.29, 1.82) is 5.26 Å². The van der Waals surface area contributed by atoms with Gasteiger partial charge in [0.1, 0.15) is 12.3 Å². The molecule has 1 aliphatic rings. The predicted octanol–water partition coefficient (Wildman–Crippen LogP) is 4.51. The standard InChI is InChI=1S/C26H33BN7O2Si.H2S/c1-25(2,3)37(6,7)36-16-26(4)15-34(27-17-35)23-19(12-28)10-18(11-21(23)26)22-8-9-29-24(32-22)31-20-13-30-33(5)14-20;/h8-11,13-14,17H,15-16H2,1-7H3,(H,29,31,32);1H2/t26-;/m0./s1. The molecule has 0 spiro atoms. The van der Waals surface area contributed by atoms with E-state index < -0.39 is 13.7 Å². The largest absolute Gasteiger partial charge is 0.416 e. The van der Waals surface area contributed by atoms with Crippen LogP contribution in [-0.4, -0.2) is 54.8 Å². The number of carbonyl (C=O) groups is 1.